The van der Waals surface area contributed by atoms with E-state index in [-0.39, 0.29) is 23.5 Å². The number of amides is 1. The van der Waals surface area contributed by atoms with Crippen molar-refractivity contribution in [2.24, 2.45) is 0 Å². The van der Waals surface area contributed by atoms with Gasteiger partial charge in [0, 0.05) is 6.54 Å². The van der Waals surface area contributed by atoms with E-state index in [0.29, 0.717) is 6.54 Å². The predicted octanol–water partition coefficient (Wildman–Crippen LogP) is 0.609. The van der Waals surface area contributed by atoms with Crippen molar-refractivity contribution < 1.29 is 19.4 Å². The van der Waals surface area contributed by atoms with E-state index < -0.39 is 11.9 Å². The molecule has 6 heteroatoms. The summed E-state index contributed by atoms with van der Waals surface area (Å²) in [4.78, 5) is 24.5. The van der Waals surface area contributed by atoms with Crippen LogP contribution in [0.1, 0.15) is 17.3 Å². The smallest absolute Gasteiger partial charge is 0.325 e. The second kappa shape index (κ2) is 5.90. The molecule has 0 fully saturated rings. The summed E-state index contributed by atoms with van der Waals surface area (Å²) < 4.78 is 4.50. The number of ether oxygens (including phenoxy) is 1. The molecule has 1 aromatic carbocycles. The molecule has 18 heavy (non-hydrogen) atoms. The Bertz CT molecular complexity index is 459. The van der Waals surface area contributed by atoms with Gasteiger partial charge in [-0.2, -0.15) is 0 Å². The normalized spacial score (nSPS) is 9.89. The third-order valence-corrected chi connectivity index (χ3v) is 2.51. The van der Waals surface area contributed by atoms with E-state index in [2.05, 4.69) is 4.74 Å². The number of aromatic hydroxyl groups is 1. The minimum Gasteiger partial charge on any atom is -0.505 e. The van der Waals surface area contributed by atoms with Crippen LogP contribution >= 0.6 is 0 Å². The number of nitrogens with zero attached hydrogens (tertiary/aromatic N) is 1. The molecule has 3 N–H and O–H groups in total. The molecule has 0 aliphatic heterocycles. The van der Waals surface area contributed by atoms with E-state index in [1.165, 1.54) is 24.1 Å². The van der Waals surface area contributed by atoms with Crippen molar-refractivity contribution in [2.75, 3.05) is 25.9 Å². The van der Waals surface area contributed by atoms with Gasteiger partial charge in [-0.15, -0.1) is 0 Å². The number of carbonyl (C=O) groups excluding carboxylic acids is 2. The first-order valence-electron chi connectivity index (χ1n) is 5.44. The van der Waals surface area contributed by atoms with Crippen LogP contribution in [0.25, 0.3) is 0 Å². The van der Waals surface area contributed by atoms with Crippen molar-refractivity contribution >= 4 is 17.6 Å². The van der Waals surface area contributed by atoms with E-state index >= 15 is 0 Å². The summed E-state index contributed by atoms with van der Waals surface area (Å²) >= 11 is 0. The van der Waals surface area contributed by atoms with Gasteiger partial charge in [0.05, 0.1) is 18.4 Å². The third kappa shape index (κ3) is 2.91. The summed E-state index contributed by atoms with van der Waals surface area (Å²) in [6.07, 6.45) is 0. The Labute approximate surface area is 105 Å². The number of anilines is 1. The average molecular weight is 252 g/mol. The molecule has 1 rings (SSSR count). The van der Waals surface area contributed by atoms with Gasteiger partial charge < -0.3 is 20.5 Å². The molecule has 0 radical (unpaired) electrons. The summed E-state index contributed by atoms with van der Waals surface area (Å²) in [6, 6.07) is 4.50. The SMILES string of the molecule is CCN(CC(=O)OC)C(=O)c1cccc(N)c1O. The fraction of sp³-hybridized carbons (Fsp3) is 0.333. The molecular formula is C12H16N2O4. The van der Waals surface area contributed by atoms with Gasteiger partial charge in [0.1, 0.15) is 6.54 Å². The first-order valence-corrected chi connectivity index (χ1v) is 5.44. The standard InChI is InChI=1S/C12H16N2O4/c1-3-14(7-10(15)18-2)12(17)8-5-4-6-9(13)11(8)16/h4-6,16H,3,7,13H2,1-2H3. The number of nitrogens with two attached hydrogens (primary N) is 1. The molecule has 6 nitrogen and oxygen atoms in total. The van der Waals surface area contributed by atoms with E-state index in [1.54, 1.807) is 13.0 Å². The van der Waals surface area contributed by atoms with Crippen LogP contribution in [0.4, 0.5) is 5.69 Å². The molecule has 0 saturated carbocycles. The highest BCUT2D eigenvalue weighted by molar-refractivity contribution is 5.99. The number of hydrogen-bond acceptors (Lipinski definition) is 5. The molecule has 98 valence electrons. The van der Waals surface area contributed by atoms with Crippen LogP contribution in [0.15, 0.2) is 18.2 Å². The molecule has 0 heterocycles. The number of hydrogen-bond donors (Lipinski definition) is 2. The van der Waals surface area contributed by atoms with Crippen LogP contribution < -0.4 is 5.73 Å². The van der Waals surface area contributed by atoms with Crippen LogP contribution in [-0.4, -0.2) is 42.1 Å². The second-order valence-electron chi connectivity index (χ2n) is 3.64. The number of methoxy groups -OCH3 is 1. The van der Waals surface area contributed by atoms with Crippen LogP contribution in [0.5, 0.6) is 5.75 Å². The maximum atomic E-state index is 12.1. The summed E-state index contributed by atoms with van der Waals surface area (Å²) in [5.41, 5.74) is 5.71. The number of esters is 1. The van der Waals surface area contributed by atoms with Gasteiger partial charge in [-0.1, -0.05) is 6.07 Å². The van der Waals surface area contributed by atoms with Crippen molar-refractivity contribution in [1.82, 2.24) is 4.90 Å². The van der Waals surface area contributed by atoms with E-state index in [9.17, 15) is 14.7 Å². The summed E-state index contributed by atoms with van der Waals surface area (Å²) in [7, 11) is 1.25. The maximum absolute atomic E-state index is 12.1. The molecular weight excluding hydrogens is 236 g/mol. The van der Waals surface area contributed by atoms with E-state index in [4.69, 9.17) is 5.73 Å². The predicted molar refractivity (Wildman–Crippen MR) is 66.1 cm³/mol. The lowest BCUT2D eigenvalue weighted by atomic mass is 10.1. The Morgan fingerprint density at radius 1 is 1.44 bits per heavy atom. The lowest BCUT2D eigenvalue weighted by Gasteiger charge is -2.20. The molecule has 0 unspecified atom stereocenters. The van der Waals surface area contributed by atoms with E-state index in [0.717, 1.165) is 0 Å². The molecule has 1 aromatic rings. The van der Waals surface area contributed by atoms with Gasteiger partial charge in [-0.3, -0.25) is 9.59 Å². The summed E-state index contributed by atoms with van der Waals surface area (Å²) in [5, 5.41) is 9.72. The zero-order valence-corrected chi connectivity index (χ0v) is 10.3. The van der Waals surface area contributed by atoms with Gasteiger partial charge in [-0.25, -0.2) is 0 Å². The molecule has 1 amide bonds. The molecule has 0 aromatic heterocycles. The molecule has 0 bridgehead atoms. The highest BCUT2D eigenvalue weighted by Crippen LogP contribution is 2.25. The largest absolute Gasteiger partial charge is 0.505 e. The van der Waals surface area contributed by atoms with Gasteiger partial charge in [0.2, 0.25) is 0 Å². The minimum atomic E-state index is -0.520. The highest BCUT2D eigenvalue weighted by Gasteiger charge is 2.21. The fourth-order valence-corrected chi connectivity index (χ4v) is 1.45. The number of nitrogen functional groups attached to an aromatic ring is 1. The molecule has 0 aliphatic rings. The Balaban J connectivity index is 2.97. The van der Waals surface area contributed by atoms with Gasteiger partial charge >= 0.3 is 5.97 Å². The zero-order chi connectivity index (χ0) is 13.7. The van der Waals surface area contributed by atoms with Crippen molar-refractivity contribution in [1.29, 1.82) is 0 Å². The summed E-state index contributed by atoms with van der Waals surface area (Å²) in [5.74, 6) is -1.26. The highest BCUT2D eigenvalue weighted by atomic mass is 16.5. The lowest BCUT2D eigenvalue weighted by Crippen LogP contribution is -2.36. The topological polar surface area (TPSA) is 92.9 Å². The number of carbonyl (C=O) groups is 2. The summed E-state index contributed by atoms with van der Waals surface area (Å²) in [6.45, 7) is 1.88. The zero-order valence-electron chi connectivity index (χ0n) is 10.3. The van der Waals surface area contributed by atoms with Crippen LogP contribution in [-0.2, 0) is 9.53 Å². The first-order chi connectivity index (χ1) is 8.51. The van der Waals surface area contributed by atoms with Gasteiger partial charge in [0.15, 0.2) is 5.75 Å². The maximum Gasteiger partial charge on any atom is 0.325 e. The lowest BCUT2D eigenvalue weighted by molar-refractivity contribution is -0.141. The molecule has 0 saturated heterocycles. The van der Waals surface area contributed by atoms with Crippen LogP contribution in [0, 0.1) is 0 Å². The first kappa shape index (κ1) is 13.8. The minimum absolute atomic E-state index is 0.0701. The number of benzene rings is 1. The monoisotopic (exact) mass is 252 g/mol. The van der Waals surface area contributed by atoms with Crippen molar-refractivity contribution in [3.63, 3.8) is 0 Å². The van der Waals surface area contributed by atoms with Crippen molar-refractivity contribution in [2.45, 2.75) is 6.92 Å². The third-order valence-electron chi connectivity index (χ3n) is 2.51. The molecule has 0 atom stereocenters. The van der Waals surface area contributed by atoms with Crippen molar-refractivity contribution in [3.8, 4) is 5.75 Å². The van der Waals surface area contributed by atoms with Crippen LogP contribution in [0.3, 0.4) is 0 Å². The Morgan fingerprint density at radius 2 is 2.11 bits per heavy atom. The number of para-hydroxylation sites is 1. The van der Waals surface area contributed by atoms with Crippen LogP contribution in [0.2, 0.25) is 0 Å². The Kier molecular flexibility index (Phi) is 4.53. The second-order valence-corrected chi connectivity index (χ2v) is 3.64. The number of phenols is 1. The van der Waals surface area contributed by atoms with Crippen molar-refractivity contribution in [3.05, 3.63) is 23.8 Å². The number of rotatable bonds is 4. The molecule has 0 aliphatic carbocycles. The van der Waals surface area contributed by atoms with Gasteiger partial charge in [-0.05, 0) is 19.1 Å². The molecule has 0 spiro atoms. The Hall–Kier alpha value is -2.24. The number of phenolic OH excluding ortho intramolecular Hbond substituents is 1. The quantitative estimate of drug-likeness (QED) is 0.465. The Morgan fingerprint density at radius 3 is 2.67 bits per heavy atom. The van der Waals surface area contributed by atoms with E-state index in [1.807, 2.05) is 0 Å². The number of likely N-dealkylation sites (N-methyl/N-ethyl adjacent to an activating group) is 1. The van der Waals surface area contributed by atoms with Gasteiger partial charge in [0.25, 0.3) is 5.91 Å². The fourth-order valence-electron chi connectivity index (χ4n) is 1.45. The average Bonchev–Trinajstić information content (AvgIpc) is 2.38.